The van der Waals surface area contributed by atoms with E-state index >= 15 is 0 Å². The molecule has 154 valence electrons. The standard InChI is InChI=1S/C20H12F5N3O2/c21-11-5-10(9-26)6-12(7-11)30-16-2-1-13(15-3-4-27-28(15)19(22)23)17-14(16)8-20(24,25)18(17)29/h1-7,18-19,29H,8H2. The largest absolute Gasteiger partial charge is 0.457 e. The summed E-state index contributed by atoms with van der Waals surface area (Å²) < 4.78 is 74.7. The Bertz CT molecular complexity index is 1170. The van der Waals surface area contributed by atoms with Gasteiger partial charge in [-0.2, -0.15) is 19.1 Å². The highest BCUT2D eigenvalue weighted by Crippen LogP contribution is 2.51. The van der Waals surface area contributed by atoms with Gasteiger partial charge in [0.1, 0.15) is 23.4 Å². The van der Waals surface area contributed by atoms with E-state index in [9.17, 15) is 27.1 Å². The van der Waals surface area contributed by atoms with Crippen LogP contribution in [0.4, 0.5) is 22.0 Å². The van der Waals surface area contributed by atoms with E-state index < -0.39 is 30.8 Å². The van der Waals surface area contributed by atoms with Crippen molar-refractivity contribution in [3.8, 4) is 28.8 Å². The Morgan fingerprint density at radius 3 is 2.70 bits per heavy atom. The molecule has 4 rings (SSSR count). The highest BCUT2D eigenvalue weighted by molar-refractivity contribution is 5.71. The highest BCUT2D eigenvalue weighted by Gasteiger charge is 2.49. The molecule has 0 saturated heterocycles. The molecule has 5 nitrogen and oxygen atoms in total. The maximum absolute atomic E-state index is 14.3. The van der Waals surface area contributed by atoms with E-state index in [-0.39, 0.29) is 39.4 Å². The molecule has 30 heavy (non-hydrogen) atoms. The molecular formula is C20H12F5N3O2. The SMILES string of the molecule is N#Cc1cc(F)cc(Oc2ccc(-c3ccnn3C(F)F)c3c2CC(F)(F)C3O)c1. The number of benzene rings is 2. The van der Waals surface area contributed by atoms with Gasteiger partial charge in [0.15, 0.2) is 0 Å². The van der Waals surface area contributed by atoms with Crippen LogP contribution in [0.25, 0.3) is 11.3 Å². The minimum Gasteiger partial charge on any atom is -0.457 e. The lowest BCUT2D eigenvalue weighted by molar-refractivity contribution is -0.0967. The number of alkyl halides is 4. The van der Waals surface area contributed by atoms with Crippen LogP contribution in [0.5, 0.6) is 11.5 Å². The molecule has 1 aromatic heterocycles. The number of hydrogen-bond acceptors (Lipinski definition) is 4. The zero-order chi connectivity index (χ0) is 21.6. The Labute approximate surface area is 166 Å². The highest BCUT2D eigenvalue weighted by atomic mass is 19.3. The molecule has 0 radical (unpaired) electrons. The van der Waals surface area contributed by atoms with E-state index in [1.54, 1.807) is 6.07 Å². The number of ether oxygens (including phenoxy) is 1. The van der Waals surface area contributed by atoms with Crippen molar-refractivity contribution in [3.63, 3.8) is 0 Å². The summed E-state index contributed by atoms with van der Waals surface area (Å²) in [5.41, 5.74) is -0.602. The average Bonchev–Trinajstić information content (AvgIpc) is 3.26. The summed E-state index contributed by atoms with van der Waals surface area (Å²) in [6.45, 7) is -3.02. The molecule has 0 spiro atoms. The first-order valence-corrected chi connectivity index (χ1v) is 8.63. The van der Waals surface area contributed by atoms with E-state index in [0.29, 0.717) is 4.68 Å². The first-order chi connectivity index (χ1) is 14.2. The molecule has 10 heteroatoms. The van der Waals surface area contributed by atoms with Gasteiger partial charge in [-0.25, -0.2) is 17.9 Å². The van der Waals surface area contributed by atoms with Crippen LogP contribution >= 0.6 is 0 Å². The van der Waals surface area contributed by atoms with E-state index in [0.717, 1.165) is 18.3 Å². The number of aromatic nitrogens is 2. The number of halogens is 5. The van der Waals surface area contributed by atoms with Gasteiger partial charge in [-0.3, -0.25) is 0 Å². The Balaban J connectivity index is 1.85. The fraction of sp³-hybridized carbons (Fsp3) is 0.200. The maximum atomic E-state index is 14.3. The molecule has 3 aromatic rings. The Hall–Kier alpha value is -3.45. The van der Waals surface area contributed by atoms with Crippen molar-refractivity contribution >= 4 is 0 Å². The average molecular weight is 421 g/mol. The fourth-order valence-corrected chi connectivity index (χ4v) is 3.50. The molecule has 0 bridgehead atoms. The minimum absolute atomic E-state index is 0.0375. The van der Waals surface area contributed by atoms with Gasteiger partial charge in [0, 0.05) is 35.4 Å². The van der Waals surface area contributed by atoms with Crippen LogP contribution in [-0.4, -0.2) is 20.8 Å². The summed E-state index contributed by atoms with van der Waals surface area (Å²) in [5.74, 6) is -4.54. The van der Waals surface area contributed by atoms with Crippen molar-refractivity contribution in [3.05, 3.63) is 65.1 Å². The third-order valence-corrected chi connectivity index (χ3v) is 4.76. The van der Waals surface area contributed by atoms with Crippen molar-refractivity contribution in [1.29, 1.82) is 5.26 Å². The molecule has 1 N–H and O–H groups in total. The Kier molecular flexibility index (Phi) is 4.70. The molecular weight excluding hydrogens is 409 g/mol. The summed E-state index contributed by atoms with van der Waals surface area (Å²) in [7, 11) is 0. The van der Waals surface area contributed by atoms with Crippen molar-refractivity contribution in [2.24, 2.45) is 0 Å². The van der Waals surface area contributed by atoms with Gasteiger partial charge >= 0.3 is 6.55 Å². The van der Waals surface area contributed by atoms with Gasteiger partial charge in [0.05, 0.1) is 17.3 Å². The van der Waals surface area contributed by atoms with Crippen LogP contribution < -0.4 is 4.74 Å². The lowest BCUT2D eigenvalue weighted by Gasteiger charge is -2.17. The summed E-state index contributed by atoms with van der Waals surface area (Å²) in [4.78, 5) is 0. The number of rotatable bonds is 4. The molecule has 2 aromatic carbocycles. The number of aliphatic hydroxyl groups excluding tert-OH is 1. The molecule has 1 unspecified atom stereocenters. The van der Waals surface area contributed by atoms with E-state index in [2.05, 4.69) is 5.10 Å². The summed E-state index contributed by atoms with van der Waals surface area (Å²) in [6, 6.07) is 8.65. The maximum Gasteiger partial charge on any atom is 0.333 e. The molecule has 0 fully saturated rings. The second-order valence-corrected chi connectivity index (χ2v) is 6.67. The Morgan fingerprint density at radius 1 is 1.23 bits per heavy atom. The van der Waals surface area contributed by atoms with E-state index in [1.165, 1.54) is 24.3 Å². The number of nitriles is 1. The van der Waals surface area contributed by atoms with Crippen molar-refractivity contribution in [2.45, 2.75) is 25.0 Å². The molecule has 0 aliphatic heterocycles. The van der Waals surface area contributed by atoms with Gasteiger partial charge < -0.3 is 9.84 Å². The summed E-state index contributed by atoms with van der Waals surface area (Å²) in [5, 5.41) is 22.7. The molecule has 1 aliphatic rings. The van der Waals surface area contributed by atoms with Crippen LogP contribution in [0.2, 0.25) is 0 Å². The Morgan fingerprint density at radius 2 is 2.00 bits per heavy atom. The zero-order valence-electron chi connectivity index (χ0n) is 15.0. The van der Waals surface area contributed by atoms with Crippen LogP contribution in [0.1, 0.15) is 29.3 Å². The quantitative estimate of drug-likeness (QED) is 0.604. The first-order valence-electron chi connectivity index (χ1n) is 8.63. The monoisotopic (exact) mass is 421 g/mol. The second-order valence-electron chi connectivity index (χ2n) is 6.67. The fourth-order valence-electron chi connectivity index (χ4n) is 3.50. The summed E-state index contributed by atoms with van der Waals surface area (Å²) in [6.07, 6.45) is -2.07. The van der Waals surface area contributed by atoms with Crippen LogP contribution in [0.15, 0.2) is 42.6 Å². The smallest absolute Gasteiger partial charge is 0.333 e. The van der Waals surface area contributed by atoms with Crippen molar-refractivity contribution in [2.75, 3.05) is 0 Å². The van der Waals surface area contributed by atoms with Gasteiger partial charge in [0.25, 0.3) is 5.92 Å². The minimum atomic E-state index is -3.56. The van der Waals surface area contributed by atoms with Gasteiger partial charge in [-0.05, 0) is 30.3 Å². The third-order valence-electron chi connectivity index (χ3n) is 4.76. The lowest BCUT2D eigenvalue weighted by Crippen LogP contribution is -2.21. The van der Waals surface area contributed by atoms with Gasteiger partial charge in [-0.15, -0.1) is 0 Å². The van der Waals surface area contributed by atoms with E-state index in [1.807, 2.05) is 0 Å². The number of fused-ring (bicyclic) bond motifs is 1. The number of nitrogens with zero attached hydrogens (tertiary/aromatic N) is 3. The normalized spacial score (nSPS) is 17.1. The van der Waals surface area contributed by atoms with Crippen molar-refractivity contribution < 1.29 is 31.8 Å². The van der Waals surface area contributed by atoms with Crippen LogP contribution in [-0.2, 0) is 6.42 Å². The predicted octanol–water partition coefficient (Wildman–Crippen LogP) is 4.97. The van der Waals surface area contributed by atoms with Crippen molar-refractivity contribution in [1.82, 2.24) is 9.78 Å². The topological polar surface area (TPSA) is 71.1 Å². The van der Waals surface area contributed by atoms with Crippen LogP contribution in [0, 0.1) is 17.1 Å². The number of hydrogen-bond donors (Lipinski definition) is 1. The molecule has 1 aliphatic carbocycles. The summed E-state index contributed by atoms with van der Waals surface area (Å²) >= 11 is 0. The third kappa shape index (κ3) is 3.27. The zero-order valence-corrected chi connectivity index (χ0v) is 15.0. The lowest BCUT2D eigenvalue weighted by atomic mass is 9.98. The predicted molar refractivity (Wildman–Crippen MR) is 93.7 cm³/mol. The first kappa shape index (κ1) is 19.8. The second kappa shape index (κ2) is 7.11. The molecule has 0 amide bonds. The molecule has 1 heterocycles. The number of aliphatic hydroxyl groups is 1. The van der Waals surface area contributed by atoms with Gasteiger partial charge in [-0.1, -0.05) is 0 Å². The van der Waals surface area contributed by atoms with E-state index in [4.69, 9.17) is 10.00 Å². The van der Waals surface area contributed by atoms with Crippen LogP contribution in [0.3, 0.4) is 0 Å². The molecule has 1 atom stereocenters. The molecule has 0 saturated carbocycles. The van der Waals surface area contributed by atoms with Gasteiger partial charge in [0.2, 0.25) is 0 Å².